The van der Waals surface area contributed by atoms with Crippen molar-refractivity contribution in [2.45, 2.75) is 96.5 Å². The van der Waals surface area contributed by atoms with Crippen LogP contribution in [0.25, 0.3) is 0 Å². The van der Waals surface area contributed by atoms with Crippen molar-refractivity contribution in [3.8, 4) is 0 Å². The van der Waals surface area contributed by atoms with Gasteiger partial charge in [0, 0.05) is 18.6 Å². The monoisotopic (exact) mass is 524 g/mol. The molecule has 3 atom stereocenters. The lowest BCUT2D eigenvalue weighted by Gasteiger charge is -2.45. The Hall–Kier alpha value is -1.54. The Balaban J connectivity index is 1.85. The van der Waals surface area contributed by atoms with Crippen LogP contribution in [-0.4, -0.2) is 35.6 Å². The third-order valence-electron chi connectivity index (χ3n) is 8.44. The van der Waals surface area contributed by atoms with Crippen LogP contribution in [0.2, 0.25) is 23.2 Å². The second-order valence-electron chi connectivity index (χ2n) is 13.1. The molecule has 2 aromatic carbocycles. The average Bonchev–Trinajstić information content (AvgIpc) is 3.60. The summed E-state index contributed by atoms with van der Waals surface area (Å²) in [5, 5.41) is 2.77. The molecule has 0 unspecified atom stereocenters. The summed E-state index contributed by atoms with van der Waals surface area (Å²) in [4.78, 5) is 11.7. The minimum absolute atomic E-state index is 0.0645. The molecule has 1 aliphatic carbocycles. The van der Waals surface area contributed by atoms with E-state index in [0.717, 1.165) is 38.6 Å². The number of unbranched alkanes of at least 4 members (excludes halogenated alkanes) is 1. The standard InChI is InChI=1S/C31H48O3Si2/c1-30(2,3)35(7,8)33-22-16-15-21-29(28-23-25(28)24-32)34-36(31(4,5)6,26-17-11-9-12-18-26)27-19-13-10-14-20-27/h9-14,17-20,24-25,28-29H,15-16,21-23H2,1-8H3/t25-,28+,29-/m1/s1. The lowest BCUT2D eigenvalue weighted by Crippen LogP contribution is -2.68. The van der Waals surface area contributed by atoms with Gasteiger partial charge in [-0.3, -0.25) is 0 Å². The van der Waals surface area contributed by atoms with Gasteiger partial charge in [0.25, 0.3) is 8.32 Å². The number of hydrogen-bond donors (Lipinski definition) is 0. The number of rotatable bonds is 12. The first kappa shape index (κ1) is 29.0. The Morgan fingerprint density at radius 1 is 0.861 bits per heavy atom. The fraction of sp³-hybridized carbons (Fsp3) is 0.581. The molecule has 1 fully saturated rings. The summed E-state index contributed by atoms with van der Waals surface area (Å²) >= 11 is 0. The van der Waals surface area contributed by atoms with Crippen molar-refractivity contribution < 1.29 is 13.6 Å². The van der Waals surface area contributed by atoms with E-state index in [9.17, 15) is 4.79 Å². The van der Waals surface area contributed by atoms with Gasteiger partial charge in [0.05, 0.1) is 0 Å². The van der Waals surface area contributed by atoms with Crippen LogP contribution in [0.5, 0.6) is 0 Å². The van der Waals surface area contributed by atoms with Gasteiger partial charge in [0.2, 0.25) is 0 Å². The van der Waals surface area contributed by atoms with E-state index in [1.807, 2.05) is 0 Å². The third-order valence-corrected chi connectivity index (χ3v) is 18.0. The van der Waals surface area contributed by atoms with E-state index in [1.54, 1.807) is 0 Å². The zero-order valence-corrected chi connectivity index (χ0v) is 25.8. The fourth-order valence-electron chi connectivity index (χ4n) is 5.09. The van der Waals surface area contributed by atoms with Crippen molar-refractivity contribution in [1.82, 2.24) is 0 Å². The summed E-state index contributed by atoms with van der Waals surface area (Å²) in [5.74, 6) is 0.460. The molecule has 0 heterocycles. The molecule has 0 spiro atoms. The Kier molecular flexibility index (Phi) is 9.24. The zero-order chi connectivity index (χ0) is 26.6. The highest BCUT2D eigenvalue weighted by Gasteiger charge is 2.54. The second kappa shape index (κ2) is 11.5. The molecule has 198 valence electrons. The lowest BCUT2D eigenvalue weighted by molar-refractivity contribution is -0.109. The molecular weight excluding hydrogens is 477 g/mol. The minimum atomic E-state index is -2.64. The molecule has 2 aromatic rings. The predicted octanol–water partition coefficient (Wildman–Crippen LogP) is 6.96. The lowest BCUT2D eigenvalue weighted by atomic mass is 10.1. The Morgan fingerprint density at radius 3 is 1.81 bits per heavy atom. The highest BCUT2D eigenvalue weighted by atomic mass is 28.4. The average molecular weight is 525 g/mol. The summed E-state index contributed by atoms with van der Waals surface area (Å²) in [6.07, 6.45) is 5.24. The number of aldehydes is 1. The first-order valence-electron chi connectivity index (χ1n) is 13.7. The SMILES string of the molecule is CC(C)(C)[Si](C)(C)OCCCC[C@@H](O[Si](c1ccccc1)(c1ccccc1)C(C)(C)C)[C@H]1C[C@@H]1C=O. The van der Waals surface area contributed by atoms with Crippen molar-refractivity contribution >= 4 is 33.3 Å². The molecule has 0 N–H and O–H groups in total. The topological polar surface area (TPSA) is 35.5 Å². The summed E-state index contributed by atoms with van der Waals surface area (Å²) in [6, 6.07) is 21.7. The smallest absolute Gasteiger partial charge is 0.261 e. The van der Waals surface area contributed by atoms with Gasteiger partial charge in [0.15, 0.2) is 8.32 Å². The number of carbonyl (C=O) groups is 1. The van der Waals surface area contributed by atoms with Gasteiger partial charge in [-0.15, -0.1) is 0 Å². The van der Waals surface area contributed by atoms with Crippen LogP contribution in [0.4, 0.5) is 0 Å². The summed E-state index contributed by atoms with van der Waals surface area (Å²) in [6.45, 7) is 19.3. The maximum absolute atomic E-state index is 11.7. The van der Waals surface area contributed by atoms with Crippen LogP contribution in [-0.2, 0) is 13.6 Å². The molecule has 3 nitrogen and oxygen atoms in total. The first-order valence-corrected chi connectivity index (χ1v) is 18.5. The van der Waals surface area contributed by atoms with Gasteiger partial charge in [-0.05, 0) is 65.1 Å². The van der Waals surface area contributed by atoms with E-state index < -0.39 is 16.6 Å². The summed E-state index contributed by atoms with van der Waals surface area (Å²) in [7, 11) is -4.37. The molecule has 0 radical (unpaired) electrons. The van der Waals surface area contributed by atoms with E-state index in [-0.39, 0.29) is 22.1 Å². The molecule has 1 saturated carbocycles. The second-order valence-corrected chi connectivity index (χ2v) is 22.2. The van der Waals surface area contributed by atoms with Crippen molar-refractivity contribution in [3.05, 3.63) is 60.7 Å². The normalized spacial score (nSPS) is 19.7. The molecule has 1 aliphatic rings. The highest BCUT2D eigenvalue weighted by Crippen LogP contribution is 2.46. The fourth-order valence-corrected chi connectivity index (χ4v) is 10.9. The third kappa shape index (κ3) is 6.47. The molecule has 0 aliphatic heterocycles. The zero-order valence-electron chi connectivity index (χ0n) is 23.8. The number of carbonyl (C=O) groups excluding carboxylic acids is 1. The van der Waals surface area contributed by atoms with E-state index in [0.29, 0.717) is 5.92 Å². The van der Waals surface area contributed by atoms with Crippen LogP contribution in [0.3, 0.4) is 0 Å². The molecule has 0 amide bonds. The summed E-state index contributed by atoms with van der Waals surface area (Å²) in [5.41, 5.74) is 0. The molecule has 0 aromatic heterocycles. The van der Waals surface area contributed by atoms with E-state index in [4.69, 9.17) is 8.85 Å². The van der Waals surface area contributed by atoms with Crippen LogP contribution in [0, 0.1) is 11.8 Å². The predicted molar refractivity (Wildman–Crippen MR) is 157 cm³/mol. The number of benzene rings is 2. The highest BCUT2D eigenvalue weighted by molar-refractivity contribution is 6.99. The van der Waals surface area contributed by atoms with Gasteiger partial charge < -0.3 is 13.6 Å². The maximum Gasteiger partial charge on any atom is 0.261 e. The molecular formula is C31H48O3Si2. The molecule has 5 heteroatoms. The van der Waals surface area contributed by atoms with Crippen molar-refractivity contribution in [2.24, 2.45) is 11.8 Å². The minimum Gasteiger partial charge on any atom is -0.417 e. The molecule has 0 bridgehead atoms. The van der Waals surface area contributed by atoms with Crippen molar-refractivity contribution in [1.29, 1.82) is 0 Å². The van der Waals surface area contributed by atoms with Crippen LogP contribution in [0.15, 0.2) is 60.7 Å². The molecule has 0 saturated heterocycles. The van der Waals surface area contributed by atoms with Crippen LogP contribution >= 0.6 is 0 Å². The van der Waals surface area contributed by atoms with E-state index >= 15 is 0 Å². The van der Waals surface area contributed by atoms with Crippen molar-refractivity contribution in [2.75, 3.05) is 6.61 Å². The molecule has 3 rings (SSSR count). The van der Waals surface area contributed by atoms with E-state index in [1.165, 1.54) is 10.4 Å². The van der Waals surface area contributed by atoms with Gasteiger partial charge in [-0.25, -0.2) is 0 Å². The Labute approximate surface area is 222 Å². The largest absolute Gasteiger partial charge is 0.417 e. The first-order chi connectivity index (χ1) is 16.8. The van der Waals surface area contributed by atoms with Crippen LogP contribution < -0.4 is 10.4 Å². The number of hydrogen-bond acceptors (Lipinski definition) is 3. The van der Waals surface area contributed by atoms with Gasteiger partial charge in [-0.2, -0.15) is 0 Å². The molecule has 36 heavy (non-hydrogen) atoms. The van der Waals surface area contributed by atoms with Gasteiger partial charge >= 0.3 is 0 Å². The van der Waals surface area contributed by atoms with Gasteiger partial charge in [-0.1, -0.05) is 102 Å². The Morgan fingerprint density at radius 2 is 1.39 bits per heavy atom. The quantitative estimate of drug-likeness (QED) is 0.171. The van der Waals surface area contributed by atoms with Gasteiger partial charge in [0.1, 0.15) is 6.29 Å². The Bertz CT molecular complexity index is 921. The maximum atomic E-state index is 11.7. The van der Waals surface area contributed by atoms with E-state index in [2.05, 4.69) is 115 Å². The van der Waals surface area contributed by atoms with Crippen molar-refractivity contribution in [3.63, 3.8) is 0 Å². The summed E-state index contributed by atoms with van der Waals surface area (Å²) < 4.78 is 13.9. The van der Waals surface area contributed by atoms with Crippen LogP contribution in [0.1, 0.15) is 67.2 Å².